The zero-order valence-corrected chi connectivity index (χ0v) is 14.1. The van der Waals surface area contributed by atoms with E-state index in [2.05, 4.69) is 0 Å². The van der Waals surface area contributed by atoms with Crippen molar-refractivity contribution < 1.29 is 71.0 Å². The molecule has 0 aromatic rings. The standard InChI is InChI=1S/C10H6F15IO/c11-4(12,1-3(26)2-27)5(13,14)6(15,16)7(17,18)8(19,20)9(21,22)10(23,24)25/h3,27H,1-2H2/t3-/m1/s1. The van der Waals surface area contributed by atoms with Gasteiger partial charge in [-0.3, -0.25) is 0 Å². The van der Waals surface area contributed by atoms with E-state index >= 15 is 0 Å². The van der Waals surface area contributed by atoms with Gasteiger partial charge in [0.15, 0.2) is 0 Å². The Morgan fingerprint density at radius 3 is 1.15 bits per heavy atom. The van der Waals surface area contributed by atoms with Gasteiger partial charge < -0.3 is 5.11 Å². The lowest BCUT2D eigenvalue weighted by atomic mass is 9.90. The van der Waals surface area contributed by atoms with Crippen molar-refractivity contribution in [1.29, 1.82) is 0 Å². The number of aliphatic hydroxyl groups excluding tert-OH is 1. The van der Waals surface area contributed by atoms with Crippen molar-refractivity contribution in [3.05, 3.63) is 0 Å². The highest BCUT2D eigenvalue weighted by Gasteiger charge is 2.93. The Morgan fingerprint density at radius 2 is 0.852 bits per heavy atom. The average Bonchev–Trinajstić information content (AvgIpc) is 2.44. The minimum Gasteiger partial charge on any atom is -0.395 e. The molecule has 17 heteroatoms. The molecule has 27 heavy (non-hydrogen) atoms. The second kappa shape index (κ2) is 7.16. The highest BCUT2D eigenvalue weighted by molar-refractivity contribution is 14.1. The number of hydrogen-bond donors (Lipinski definition) is 1. The molecule has 1 atom stereocenters. The van der Waals surface area contributed by atoms with Crippen LogP contribution in [-0.2, 0) is 0 Å². The molecule has 0 radical (unpaired) electrons. The molecule has 0 heterocycles. The average molecular weight is 554 g/mol. The van der Waals surface area contributed by atoms with Gasteiger partial charge in [0.05, 0.1) is 6.61 Å². The third-order valence-electron chi connectivity index (χ3n) is 3.07. The van der Waals surface area contributed by atoms with Crippen LogP contribution in [0.5, 0.6) is 0 Å². The molecular weight excluding hydrogens is 548 g/mol. The van der Waals surface area contributed by atoms with Crippen molar-refractivity contribution in [2.24, 2.45) is 0 Å². The maximum absolute atomic E-state index is 13.3. The molecule has 0 aliphatic carbocycles. The van der Waals surface area contributed by atoms with Crippen molar-refractivity contribution >= 4 is 22.6 Å². The first-order valence-corrected chi connectivity index (χ1v) is 7.28. The minimum atomic E-state index is -8.27. The maximum Gasteiger partial charge on any atom is 0.460 e. The molecule has 0 saturated carbocycles. The lowest BCUT2D eigenvalue weighted by Gasteiger charge is -2.41. The van der Waals surface area contributed by atoms with Crippen molar-refractivity contribution in [2.75, 3.05) is 6.61 Å². The highest BCUT2D eigenvalue weighted by Crippen LogP contribution is 2.62. The van der Waals surface area contributed by atoms with E-state index in [1.807, 2.05) is 0 Å². The predicted octanol–water partition coefficient (Wildman–Crippen LogP) is 5.55. The summed E-state index contributed by atoms with van der Waals surface area (Å²) >= 11 is 0.747. The summed E-state index contributed by atoms with van der Waals surface area (Å²) in [6, 6.07) is 0. The van der Waals surface area contributed by atoms with Crippen molar-refractivity contribution in [2.45, 2.75) is 52.1 Å². The van der Waals surface area contributed by atoms with Crippen LogP contribution in [0.2, 0.25) is 0 Å². The van der Waals surface area contributed by atoms with Gasteiger partial charge in [-0.1, -0.05) is 22.6 Å². The molecular formula is C10H6F15IO. The maximum atomic E-state index is 13.3. The van der Waals surface area contributed by atoms with Crippen molar-refractivity contribution in [3.63, 3.8) is 0 Å². The molecule has 0 bridgehead atoms. The molecule has 164 valence electrons. The second-order valence-electron chi connectivity index (χ2n) is 5.06. The summed E-state index contributed by atoms with van der Waals surface area (Å²) in [5.41, 5.74) is 0. The van der Waals surface area contributed by atoms with E-state index in [0.29, 0.717) is 0 Å². The molecule has 0 fully saturated rings. The topological polar surface area (TPSA) is 20.2 Å². The minimum absolute atomic E-state index is 0.747. The van der Waals surface area contributed by atoms with E-state index in [4.69, 9.17) is 5.11 Å². The van der Waals surface area contributed by atoms with Crippen LogP contribution in [0.1, 0.15) is 6.42 Å². The Kier molecular flexibility index (Phi) is 7.06. The quantitative estimate of drug-likeness (QED) is 0.237. The molecule has 0 aromatic heterocycles. The molecule has 0 spiro atoms. The number of alkyl halides is 16. The number of aliphatic hydroxyl groups is 1. The fraction of sp³-hybridized carbons (Fsp3) is 1.00. The summed E-state index contributed by atoms with van der Waals surface area (Å²) < 4.78 is 190. The summed E-state index contributed by atoms with van der Waals surface area (Å²) in [6.45, 7) is -1.41. The molecule has 0 aliphatic heterocycles. The smallest absolute Gasteiger partial charge is 0.395 e. The molecule has 0 aromatic carbocycles. The number of rotatable bonds is 8. The van der Waals surface area contributed by atoms with Gasteiger partial charge in [-0.2, -0.15) is 65.9 Å². The predicted molar refractivity (Wildman–Crippen MR) is 65.2 cm³/mol. The Bertz CT molecular complexity index is 525. The van der Waals surface area contributed by atoms with Crippen LogP contribution in [0.4, 0.5) is 65.9 Å². The Balaban J connectivity index is 6.39. The van der Waals surface area contributed by atoms with E-state index < -0.39 is 58.7 Å². The monoisotopic (exact) mass is 554 g/mol. The van der Waals surface area contributed by atoms with Gasteiger partial charge in [0.25, 0.3) is 0 Å². The van der Waals surface area contributed by atoms with Crippen LogP contribution < -0.4 is 0 Å². The first-order chi connectivity index (χ1) is 11.5. The van der Waals surface area contributed by atoms with Gasteiger partial charge in [0.2, 0.25) is 0 Å². The van der Waals surface area contributed by atoms with Gasteiger partial charge in [-0.15, -0.1) is 0 Å². The van der Waals surface area contributed by atoms with Crippen molar-refractivity contribution in [1.82, 2.24) is 0 Å². The van der Waals surface area contributed by atoms with Crippen molar-refractivity contribution in [3.8, 4) is 0 Å². The first kappa shape index (κ1) is 26.6. The third kappa shape index (κ3) is 3.90. The Morgan fingerprint density at radius 1 is 0.556 bits per heavy atom. The molecule has 0 saturated heterocycles. The summed E-state index contributed by atoms with van der Waals surface area (Å²) in [7, 11) is 0. The Labute approximate surface area is 153 Å². The first-order valence-electron chi connectivity index (χ1n) is 6.04. The van der Waals surface area contributed by atoms with Gasteiger partial charge in [-0.05, 0) is 0 Å². The molecule has 0 rings (SSSR count). The fourth-order valence-corrected chi connectivity index (χ4v) is 2.02. The molecule has 1 nitrogen and oxygen atoms in total. The lowest BCUT2D eigenvalue weighted by molar-refractivity contribution is -0.452. The second-order valence-corrected chi connectivity index (χ2v) is 6.82. The normalized spacial score (nSPS) is 17.2. The summed E-state index contributed by atoms with van der Waals surface area (Å²) in [5, 5.41) is 8.39. The van der Waals surface area contributed by atoms with E-state index in [1.165, 1.54) is 0 Å². The zero-order valence-electron chi connectivity index (χ0n) is 12.0. The summed E-state index contributed by atoms with van der Waals surface area (Å²) in [4.78, 5) is 0. The van der Waals surface area contributed by atoms with Gasteiger partial charge >= 0.3 is 41.7 Å². The van der Waals surface area contributed by atoms with E-state index in [9.17, 15) is 65.9 Å². The summed E-state index contributed by atoms with van der Waals surface area (Å²) in [5.74, 6) is -46.4. The lowest BCUT2D eigenvalue weighted by Crippen LogP contribution is -2.72. The van der Waals surface area contributed by atoms with Gasteiger partial charge in [0, 0.05) is 10.3 Å². The van der Waals surface area contributed by atoms with E-state index in [-0.39, 0.29) is 0 Å². The summed E-state index contributed by atoms with van der Waals surface area (Å²) in [6.07, 6.45) is -10.1. The zero-order chi connectivity index (χ0) is 22.5. The third-order valence-corrected chi connectivity index (χ3v) is 3.90. The van der Waals surface area contributed by atoms with Crippen LogP contribution in [0.3, 0.4) is 0 Å². The van der Waals surface area contributed by atoms with Crippen LogP contribution >= 0.6 is 22.6 Å². The molecule has 0 amide bonds. The molecule has 0 aliphatic rings. The van der Waals surface area contributed by atoms with Crippen LogP contribution in [-0.4, -0.2) is 57.3 Å². The van der Waals surface area contributed by atoms with Gasteiger partial charge in [0.1, 0.15) is 0 Å². The van der Waals surface area contributed by atoms with Crippen LogP contribution in [0.25, 0.3) is 0 Å². The molecule has 1 N–H and O–H groups in total. The highest BCUT2D eigenvalue weighted by atomic mass is 127. The van der Waals surface area contributed by atoms with Gasteiger partial charge in [-0.25, -0.2) is 0 Å². The molecule has 0 unspecified atom stereocenters. The number of halogens is 16. The SMILES string of the molecule is OC[C@H](I)CC(F)(F)C(F)(F)C(F)(F)C(F)(F)C(F)(F)C(F)(F)C(F)(F)F. The Hall–Kier alpha value is -0.360. The largest absolute Gasteiger partial charge is 0.460 e. The van der Waals surface area contributed by atoms with E-state index in [1.54, 1.807) is 0 Å². The fourth-order valence-electron chi connectivity index (χ4n) is 1.47. The van der Waals surface area contributed by atoms with Crippen LogP contribution in [0.15, 0.2) is 0 Å². The van der Waals surface area contributed by atoms with Crippen LogP contribution in [0, 0.1) is 0 Å². The number of hydrogen-bond acceptors (Lipinski definition) is 1. The van der Waals surface area contributed by atoms with E-state index in [0.717, 1.165) is 22.6 Å².